The Balaban J connectivity index is 0.00000484. The number of guanidine groups is 1. The van der Waals surface area contributed by atoms with Gasteiger partial charge in [0.2, 0.25) is 5.91 Å². The van der Waals surface area contributed by atoms with Crippen LogP contribution in [-0.2, 0) is 15.6 Å². The Kier molecular flexibility index (Phi) is 10.3. The summed E-state index contributed by atoms with van der Waals surface area (Å²) in [6.07, 6.45) is 1.39. The van der Waals surface area contributed by atoms with Gasteiger partial charge in [0.25, 0.3) is 0 Å². The Morgan fingerprint density at radius 2 is 2.09 bits per heavy atom. The van der Waals surface area contributed by atoms with Gasteiger partial charge < -0.3 is 15.5 Å². The van der Waals surface area contributed by atoms with Crippen LogP contribution in [0.2, 0.25) is 0 Å². The zero-order chi connectivity index (χ0) is 16.8. The van der Waals surface area contributed by atoms with Crippen LogP contribution in [0.25, 0.3) is 0 Å². The maximum absolute atomic E-state index is 12.0. The molecule has 1 aliphatic heterocycles. The Labute approximate surface area is 159 Å². The number of likely N-dealkylation sites (tertiary alicyclic amines) is 1. The Morgan fingerprint density at radius 3 is 2.61 bits per heavy atom. The lowest BCUT2D eigenvalue weighted by Gasteiger charge is -2.31. The molecule has 2 N–H and O–H groups in total. The number of nitrogens with zero attached hydrogens (tertiary/aromatic N) is 2. The maximum Gasteiger partial charge on any atom is 0.222 e. The number of hydrogen-bond donors (Lipinski definition) is 2. The quantitative estimate of drug-likeness (QED) is 0.371. The van der Waals surface area contributed by atoms with Gasteiger partial charge in [-0.15, -0.1) is 24.0 Å². The third-order valence-electron chi connectivity index (χ3n) is 3.54. The molecular formula is C15H31IN4O2S. The van der Waals surface area contributed by atoms with Gasteiger partial charge in [0.1, 0.15) is 0 Å². The molecule has 2 unspecified atom stereocenters. The van der Waals surface area contributed by atoms with Crippen LogP contribution in [-0.4, -0.2) is 64.2 Å². The molecule has 0 radical (unpaired) electrons. The van der Waals surface area contributed by atoms with Gasteiger partial charge in [-0.2, -0.15) is 0 Å². The van der Waals surface area contributed by atoms with Crippen molar-refractivity contribution in [3.8, 4) is 0 Å². The van der Waals surface area contributed by atoms with Crippen LogP contribution in [0.4, 0.5) is 0 Å². The predicted octanol–water partition coefficient (Wildman–Crippen LogP) is 1.33. The molecule has 0 bridgehead atoms. The van der Waals surface area contributed by atoms with Crippen molar-refractivity contribution in [3.63, 3.8) is 0 Å². The first-order valence-corrected chi connectivity index (χ1v) is 9.23. The van der Waals surface area contributed by atoms with E-state index in [2.05, 4.69) is 15.6 Å². The molecule has 8 heteroatoms. The Morgan fingerprint density at radius 1 is 1.43 bits per heavy atom. The zero-order valence-electron chi connectivity index (χ0n) is 14.8. The van der Waals surface area contributed by atoms with E-state index in [1.807, 2.05) is 34.7 Å². The van der Waals surface area contributed by atoms with Crippen LogP contribution in [0, 0.1) is 0 Å². The average Bonchev–Trinajstić information content (AvgIpc) is 2.42. The first kappa shape index (κ1) is 22.6. The van der Waals surface area contributed by atoms with Crippen molar-refractivity contribution in [1.29, 1.82) is 0 Å². The molecule has 1 aliphatic rings. The van der Waals surface area contributed by atoms with E-state index in [9.17, 15) is 9.00 Å². The summed E-state index contributed by atoms with van der Waals surface area (Å²) in [6.45, 7) is 9.94. The molecule has 1 heterocycles. The molecule has 2 atom stereocenters. The van der Waals surface area contributed by atoms with E-state index >= 15 is 0 Å². The maximum atomic E-state index is 12.0. The first-order valence-electron chi connectivity index (χ1n) is 7.91. The molecule has 6 nitrogen and oxygen atoms in total. The summed E-state index contributed by atoms with van der Waals surface area (Å²) >= 11 is 0. The van der Waals surface area contributed by atoms with Gasteiger partial charge in [-0.1, -0.05) is 0 Å². The molecule has 0 spiro atoms. The second-order valence-corrected chi connectivity index (χ2v) is 8.90. The van der Waals surface area contributed by atoms with E-state index in [-0.39, 0.29) is 40.7 Å². The molecule has 1 amide bonds. The monoisotopic (exact) mass is 458 g/mol. The highest BCUT2D eigenvalue weighted by Gasteiger charge is 2.23. The van der Waals surface area contributed by atoms with Crippen molar-refractivity contribution in [2.75, 3.05) is 32.4 Å². The van der Waals surface area contributed by atoms with Gasteiger partial charge in [0.05, 0.1) is 6.54 Å². The van der Waals surface area contributed by atoms with Gasteiger partial charge in [-0.05, 0) is 34.1 Å². The number of likely N-dealkylation sites (N-methyl/N-ethyl adjacent to an activating group) is 1. The largest absolute Gasteiger partial charge is 0.357 e. The van der Waals surface area contributed by atoms with Gasteiger partial charge >= 0.3 is 0 Å². The summed E-state index contributed by atoms with van der Waals surface area (Å²) in [6, 6.07) is 0.216. The minimum Gasteiger partial charge on any atom is -0.357 e. The molecule has 136 valence electrons. The van der Waals surface area contributed by atoms with Gasteiger partial charge in [-0.25, -0.2) is 0 Å². The van der Waals surface area contributed by atoms with Crippen LogP contribution < -0.4 is 10.6 Å². The van der Waals surface area contributed by atoms with Gasteiger partial charge in [0, 0.05) is 53.9 Å². The second-order valence-electron chi connectivity index (χ2n) is 6.58. The van der Waals surface area contributed by atoms with Crippen LogP contribution >= 0.6 is 24.0 Å². The van der Waals surface area contributed by atoms with E-state index in [0.29, 0.717) is 25.3 Å². The minimum atomic E-state index is -0.890. The lowest BCUT2D eigenvalue weighted by Crippen LogP contribution is -2.51. The molecule has 0 saturated carbocycles. The van der Waals surface area contributed by atoms with Crippen molar-refractivity contribution in [2.24, 2.45) is 4.99 Å². The van der Waals surface area contributed by atoms with Gasteiger partial charge in [-0.3, -0.25) is 14.0 Å². The SMILES string of the molecule is CCNC(=NCCS(=O)C(C)(C)C)NC1CCC(=O)N(C)C1.I. The molecule has 1 saturated heterocycles. The third kappa shape index (κ3) is 8.32. The van der Waals surface area contributed by atoms with Crippen LogP contribution in [0.15, 0.2) is 4.99 Å². The normalized spacial score (nSPS) is 20.7. The molecule has 0 aromatic heterocycles. The van der Waals surface area contributed by atoms with Crippen molar-refractivity contribution in [3.05, 3.63) is 0 Å². The number of piperidine rings is 1. The number of nitrogens with one attached hydrogen (secondary N) is 2. The fourth-order valence-electron chi connectivity index (χ4n) is 2.19. The average molecular weight is 458 g/mol. The van der Waals surface area contributed by atoms with Crippen molar-refractivity contribution in [1.82, 2.24) is 15.5 Å². The fraction of sp³-hybridized carbons (Fsp3) is 0.867. The fourth-order valence-corrected chi connectivity index (χ4v) is 3.06. The minimum absolute atomic E-state index is 0. The lowest BCUT2D eigenvalue weighted by molar-refractivity contribution is -0.132. The number of carbonyl (C=O) groups is 1. The topological polar surface area (TPSA) is 73.8 Å². The number of halogens is 1. The van der Waals surface area contributed by atoms with Gasteiger partial charge in [0.15, 0.2) is 5.96 Å². The second kappa shape index (κ2) is 10.5. The molecule has 1 rings (SSSR count). The Hall–Kier alpha value is -0.380. The Bertz CT molecular complexity index is 438. The van der Waals surface area contributed by atoms with Crippen LogP contribution in [0.5, 0.6) is 0 Å². The highest BCUT2D eigenvalue weighted by Crippen LogP contribution is 2.11. The number of rotatable bonds is 5. The van der Waals surface area contributed by atoms with Crippen LogP contribution in [0.1, 0.15) is 40.5 Å². The lowest BCUT2D eigenvalue weighted by atomic mass is 10.1. The molecule has 0 aliphatic carbocycles. The summed E-state index contributed by atoms with van der Waals surface area (Å²) in [5.41, 5.74) is 0. The van der Waals surface area contributed by atoms with Crippen molar-refractivity contribution < 1.29 is 9.00 Å². The molecular weight excluding hydrogens is 427 g/mol. The third-order valence-corrected chi connectivity index (χ3v) is 5.46. The van der Waals surface area contributed by atoms with E-state index in [1.165, 1.54) is 0 Å². The highest BCUT2D eigenvalue weighted by atomic mass is 127. The van der Waals surface area contributed by atoms with E-state index in [0.717, 1.165) is 18.9 Å². The van der Waals surface area contributed by atoms with Crippen molar-refractivity contribution >= 4 is 46.6 Å². The van der Waals surface area contributed by atoms with E-state index in [1.54, 1.807) is 4.90 Å². The zero-order valence-corrected chi connectivity index (χ0v) is 18.0. The molecule has 0 aromatic rings. The van der Waals surface area contributed by atoms with Crippen molar-refractivity contribution in [2.45, 2.75) is 51.3 Å². The first-order chi connectivity index (χ1) is 10.2. The number of aliphatic imine (C=N–C) groups is 1. The summed E-state index contributed by atoms with van der Waals surface area (Å²) in [5, 5.41) is 6.57. The van der Waals surface area contributed by atoms with E-state index < -0.39 is 10.8 Å². The summed E-state index contributed by atoms with van der Waals surface area (Å²) in [4.78, 5) is 17.8. The smallest absolute Gasteiger partial charge is 0.222 e. The standard InChI is InChI=1S/C15H30N4O2S.HI/c1-6-16-14(17-9-10-22(21)15(2,3)4)18-12-7-8-13(20)19(5)11-12;/h12H,6-11H2,1-5H3,(H2,16,17,18);1H. The van der Waals surface area contributed by atoms with E-state index in [4.69, 9.17) is 0 Å². The highest BCUT2D eigenvalue weighted by molar-refractivity contribution is 14.0. The number of carbonyl (C=O) groups excluding carboxylic acids is 1. The molecule has 23 heavy (non-hydrogen) atoms. The summed E-state index contributed by atoms with van der Waals surface area (Å²) in [7, 11) is 0.936. The summed E-state index contributed by atoms with van der Waals surface area (Å²) in [5.74, 6) is 1.49. The number of amides is 1. The predicted molar refractivity (Wildman–Crippen MR) is 108 cm³/mol. The number of hydrogen-bond acceptors (Lipinski definition) is 3. The summed E-state index contributed by atoms with van der Waals surface area (Å²) < 4.78 is 11.8. The molecule has 0 aromatic carbocycles. The molecule has 1 fully saturated rings. The van der Waals surface area contributed by atoms with Crippen LogP contribution in [0.3, 0.4) is 0 Å².